The predicted octanol–water partition coefficient (Wildman–Crippen LogP) is 10.3. The fourth-order valence-electron chi connectivity index (χ4n) is 12.3. The lowest BCUT2D eigenvalue weighted by molar-refractivity contribution is -0.134. The van der Waals surface area contributed by atoms with Crippen LogP contribution in [0.2, 0.25) is 0 Å². The lowest BCUT2D eigenvalue weighted by Gasteiger charge is -2.45. The van der Waals surface area contributed by atoms with E-state index >= 15 is 0 Å². The van der Waals surface area contributed by atoms with Gasteiger partial charge in [-0.25, -0.2) is 14.8 Å². The molecule has 0 spiro atoms. The predicted molar refractivity (Wildman–Crippen MR) is 294 cm³/mol. The number of pyridine rings is 1. The number of imide groups is 1. The number of unbranched alkanes of at least 4 members (excludes halogenated alkanes) is 1. The highest BCUT2D eigenvalue weighted by Gasteiger charge is 2.34. The van der Waals surface area contributed by atoms with Crippen LogP contribution < -0.4 is 25.2 Å². The van der Waals surface area contributed by atoms with Crippen molar-refractivity contribution in [2.75, 3.05) is 41.3 Å². The molecule has 4 aromatic carbocycles. The quantitative estimate of drug-likeness (QED) is 0.0696. The van der Waals surface area contributed by atoms with E-state index in [9.17, 15) is 24.3 Å². The van der Waals surface area contributed by atoms with Gasteiger partial charge in [0.25, 0.3) is 5.91 Å². The van der Waals surface area contributed by atoms with Crippen LogP contribution in [0.4, 0.5) is 16.6 Å². The number of amides is 3. The Morgan fingerprint density at radius 2 is 1.65 bits per heavy atom. The summed E-state index contributed by atoms with van der Waals surface area (Å²) in [5.74, 6) is -0.203. The van der Waals surface area contributed by atoms with Gasteiger partial charge in [-0.3, -0.25) is 34.6 Å². The Kier molecular flexibility index (Phi) is 14.1. The average molecular weight is 1030 g/mol. The van der Waals surface area contributed by atoms with Crippen molar-refractivity contribution in [1.82, 2.24) is 30.0 Å². The molecule has 2 saturated heterocycles. The van der Waals surface area contributed by atoms with Crippen molar-refractivity contribution in [1.29, 1.82) is 0 Å². The molecule has 11 rings (SSSR count). The number of carbonyl (C=O) groups excluding carboxylic acids is 3. The molecule has 3 atom stereocenters. The molecule has 388 valence electrons. The van der Waals surface area contributed by atoms with E-state index in [2.05, 4.69) is 68.4 Å². The number of hydrogen-bond donors (Lipinski definition) is 3. The number of fused-ring (bicyclic) bond motifs is 3. The van der Waals surface area contributed by atoms with E-state index in [4.69, 9.17) is 14.8 Å². The highest BCUT2D eigenvalue weighted by atomic mass is 32.1. The third-order valence-corrected chi connectivity index (χ3v) is 17.2. The summed E-state index contributed by atoms with van der Waals surface area (Å²) in [7, 11) is 1.93. The van der Waals surface area contributed by atoms with Crippen molar-refractivity contribution >= 4 is 72.8 Å². The molecule has 6 heterocycles. The van der Waals surface area contributed by atoms with Crippen molar-refractivity contribution in [3.05, 3.63) is 125 Å². The van der Waals surface area contributed by atoms with Crippen LogP contribution in [0.3, 0.4) is 0 Å². The number of hydrogen-bond acceptors (Lipinski definition) is 12. The van der Waals surface area contributed by atoms with Gasteiger partial charge in [0.2, 0.25) is 11.8 Å². The first-order valence-corrected chi connectivity index (χ1v) is 27.5. The van der Waals surface area contributed by atoms with Crippen LogP contribution in [0.5, 0.6) is 5.75 Å². The Bertz CT molecular complexity index is 3280. The van der Waals surface area contributed by atoms with Gasteiger partial charge < -0.3 is 19.6 Å². The number of aromatic nitrogens is 4. The molecule has 3 fully saturated rings. The standard InChI is InChI=1S/C59H65N9O6S/c1-35-32-67(40-20-23-45-49(31-40)65(4)64-54(45)46-25-27-53(69)62-57(46)71)33-36(2)68(35)29-8-7-11-38-18-21-41(22-19-38)74-50-16-10-13-42(37(50)3)43-24-26-52(61-55(43)58(72)73)66-30-28-39-12-9-14-44(47(39)34-66)56(70)63-59-60-48-15-5-6-17-51(48)75-59/h5-6,9-10,12-17,20,23-24,26,31,35-36,38,41,46H,7-8,11,18-19,21-22,25,27-30,32-34H2,1-4H3,(H,72,73)(H,60,63,70)(H,62,69,71). The van der Waals surface area contributed by atoms with Crippen LogP contribution >= 0.6 is 11.3 Å². The number of aromatic carboxylic acids is 1. The summed E-state index contributed by atoms with van der Waals surface area (Å²) in [5, 5.41) is 22.3. The number of carbonyl (C=O) groups is 4. The smallest absolute Gasteiger partial charge is 0.355 e. The molecule has 75 heavy (non-hydrogen) atoms. The molecule has 0 bridgehead atoms. The molecule has 16 heteroatoms. The first kappa shape index (κ1) is 50.0. The zero-order chi connectivity index (χ0) is 51.9. The maximum absolute atomic E-state index is 13.7. The van der Waals surface area contributed by atoms with Gasteiger partial charge in [0.1, 0.15) is 11.6 Å². The lowest BCUT2D eigenvalue weighted by atomic mass is 9.84. The molecule has 7 aromatic rings. The van der Waals surface area contributed by atoms with E-state index < -0.39 is 11.9 Å². The summed E-state index contributed by atoms with van der Waals surface area (Å²) in [4.78, 5) is 67.6. The molecule has 1 saturated carbocycles. The molecule has 3 N–H and O–H groups in total. The van der Waals surface area contributed by atoms with E-state index in [1.54, 1.807) is 0 Å². The monoisotopic (exact) mass is 1030 g/mol. The van der Waals surface area contributed by atoms with E-state index in [1.165, 1.54) is 36.3 Å². The van der Waals surface area contributed by atoms with E-state index in [1.807, 2.05) is 85.4 Å². The Labute approximate surface area is 441 Å². The normalized spacial score (nSPS) is 21.3. The number of para-hydroxylation sites is 1. The van der Waals surface area contributed by atoms with Crippen LogP contribution in [0.1, 0.15) is 121 Å². The third kappa shape index (κ3) is 10.3. The molecular formula is C59H65N9O6S. The number of piperidine rings is 1. The second-order valence-electron chi connectivity index (χ2n) is 21.2. The van der Waals surface area contributed by atoms with Crippen LogP contribution in [0, 0.1) is 12.8 Å². The summed E-state index contributed by atoms with van der Waals surface area (Å²) < 4.78 is 9.58. The molecule has 3 unspecified atom stereocenters. The Morgan fingerprint density at radius 1 is 0.853 bits per heavy atom. The second-order valence-corrected chi connectivity index (χ2v) is 22.2. The van der Waals surface area contributed by atoms with Crippen LogP contribution in [0.15, 0.2) is 91.0 Å². The topological polar surface area (TPSA) is 175 Å². The van der Waals surface area contributed by atoms with Crippen molar-refractivity contribution in [3.8, 4) is 16.9 Å². The summed E-state index contributed by atoms with van der Waals surface area (Å²) in [6, 6.07) is 30.5. The van der Waals surface area contributed by atoms with Crippen LogP contribution in [-0.2, 0) is 29.6 Å². The summed E-state index contributed by atoms with van der Waals surface area (Å²) in [6.45, 7) is 10.7. The number of rotatable bonds is 14. The zero-order valence-corrected chi connectivity index (χ0v) is 44.0. The second kappa shape index (κ2) is 21.2. The number of anilines is 3. The Hall–Kier alpha value is -7.17. The highest BCUT2D eigenvalue weighted by Crippen LogP contribution is 2.38. The molecule has 1 aliphatic carbocycles. The number of carboxylic acids is 1. The maximum Gasteiger partial charge on any atom is 0.355 e. The zero-order valence-electron chi connectivity index (χ0n) is 43.2. The van der Waals surface area contributed by atoms with Crippen molar-refractivity contribution in [2.45, 2.75) is 116 Å². The number of aryl methyl sites for hydroxylation is 1. The average Bonchev–Trinajstić information content (AvgIpc) is 3.98. The fraction of sp³-hybridized carbons (Fsp3) is 0.407. The minimum atomic E-state index is -1.10. The van der Waals surface area contributed by atoms with E-state index in [0.717, 1.165) is 100 Å². The number of piperazine rings is 1. The Morgan fingerprint density at radius 3 is 2.44 bits per heavy atom. The van der Waals surface area contributed by atoms with Gasteiger partial charge in [-0.15, -0.1) is 0 Å². The highest BCUT2D eigenvalue weighted by molar-refractivity contribution is 7.22. The molecule has 3 aromatic heterocycles. The number of ether oxygens (including phenoxy) is 1. The van der Waals surface area contributed by atoms with Gasteiger partial charge in [-0.1, -0.05) is 60.6 Å². The van der Waals surface area contributed by atoms with Crippen molar-refractivity contribution < 1.29 is 29.0 Å². The largest absolute Gasteiger partial charge is 0.490 e. The number of carboxylic acid groups (broad SMARTS) is 1. The summed E-state index contributed by atoms with van der Waals surface area (Å²) >= 11 is 1.44. The minimum Gasteiger partial charge on any atom is -0.490 e. The molecule has 3 amide bonds. The third-order valence-electron chi connectivity index (χ3n) is 16.3. The van der Waals surface area contributed by atoms with Crippen LogP contribution in [0.25, 0.3) is 32.2 Å². The molecule has 0 radical (unpaired) electrons. The molecular weight excluding hydrogens is 963 g/mol. The summed E-state index contributed by atoms with van der Waals surface area (Å²) in [6.07, 6.45) is 9.47. The van der Waals surface area contributed by atoms with Gasteiger partial charge in [-0.2, -0.15) is 5.10 Å². The molecule has 15 nitrogen and oxygen atoms in total. The van der Waals surface area contributed by atoms with Gasteiger partial charge in [0.05, 0.1) is 33.4 Å². The van der Waals surface area contributed by atoms with Crippen molar-refractivity contribution in [2.24, 2.45) is 13.0 Å². The number of benzene rings is 4. The SMILES string of the molecule is Cc1c(OC2CCC(CCCCN3C(C)CN(c4ccc5c(C6CCC(=O)NC6=O)nn(C)c5c4)CC3C)CC2)cccc1-c1ccc(N2CCc3cccc(C(=O)Nc4nc5ccccc5s4)c3C2)nc1C(=O)O. The first-order valence-electron chi connectivity index (χ1n) is 26.7. The van der Waals surface area contributed by atoms with Crippen molar-refractivity contribution in [3.63, 3.8) is 0 Å². The van der Waals surface area contributed by atoms with Gasteiger partial charge in [0.15, 0.2) is 10.8 Å². The lowest BCUT2D eigenvalue weighted by Crippen LogP contribution is -2.57. The number of nitrogens with one attached hydrogen (secondary N) is 2. The molecule has 4 aliphatic rings. The maximum atomic E-state index is 13.7. The van der Waals surface area contributed by atoms with Crippen LogP contribution in [-0.4, -0.2) is 97.8 Å². The first-order chi connectivity index (χ1) is 36.3. The van der Waals surface area contributed by atoms with Gasteiger partial charge >= 0.3 is 5.97 Å². The summed E-state index contributed by atoms with van der Waals surface area (Å²) in [5.41, 5.74) is 8.51. The van der Waals surface area contributed by atoms with Gasteiger partial charge in [0, 0.05) is 73.9 Å². The van der Waals surface area contributed by atoms with E-state index in [-0.39, 0.29) is 29.5 Å². The number of thiazole rings is 1. The molecule has 3 aliphatic heterocycles. The fourth-order valence-corrected chi connectivity index (χ4v) is 13.1. The number of nitrogens with zero attached hydrogens (tertiary/aromatic N) is 7. The van der Waals surface area contributed by atoms with Gasteiger partial charge in [-0.05, 0) is 155 Å². The Balaban J connectivity index is 0.661. The van der Waals surface area contributed by atoms with E-state index in [0.29, 0.717) is 72.4 Å². The minimum absolute atomic E-state index is 0.0179.